The zero-order valence-corrected chi connectivity index (χ0v) is 22.2. The number of methoxy groups -OCH3 is 1. The van der Waals surface area contributed by atoms with E-state index in [4.69, 9.17) is 9.47 Å². The van der Waals surface area contributed by atoms with Crippen LogP contribution in [-0.4, -0.2) is 32.8 Å². The quantitative estimate of drug-likeness (QED) is 0.254. The molecule has 0 atom stereocenters. The molecule has 0 aliphatic heterocycles. The second-order valence-corrected chi connectivity index (χ2v) is 9.12. The third-order valence-corrected chi connectivity index (χ3v) is 6.50. The average Bonchev–Trinajstić information content (AvgIpc) is 3.03. The Hall–Kier alpha value is -5.90. The molecule has 6 aromatic rings. The fourth-order valence-corrected chi connectivity index (χ4v) is 4.44. The normalized spacial score (nSPS) is 10.8. The Morgan fingerprint density at radius 3 is 2.38 bits per heavy atom. The second-order valence-electron chi connectivity index (χ2n) is 9.12. The van der Waals surface area contributed by atoms with Crippen molar-refractivity contribution >= 4 is 22.4 Å². The summed E-state index contributed by atoms with van der Waals surface area (Å²) in [5.74, 6) is -0.347. The van der Waals surface area contributed by atoms with Crippen molar-refractivity contribution < 1.29 is 18.7 Å². The van der Waals surface area contributed by atoms with Crippen molar-refractivity contribution in [1.82, 2.24) is 19.7 Å². The second kappa shape index (κ2) is 11.3. The van der Waals surface area contributed by atoms with Crippen LogP contribution in [0.2, 0.25) is 0 Å². The zero-order chi connectivity index (χ0) is 29.1. The molecule has 42 heavy (non-hydrogen) atoms. The predicted molar refractivity (Wildman–Crippen MR) is 156 cm³/mol. The SMILES string of the molecule is COc1ccc(-n2nc(C(=O)Nc3ccc(Oc4ccncc4-c4cccnc4)c(F)c3)c3ccccc3c2=O)cc1. The minimum atomic E-state index is -0.692. The molecule has 1 amide bonds. The summed E-state index contributed by atoms with van der Waals surface area (Å²) in [6.07, 6.45) is 6.47. The lowest BCUT2D eigenvalue weighted by Crippen LogP contribution is -2.26. The van der Waals surface area contributed by atoms with E-state index in [0.29, 0.717) is 33.5 Å². The smallest absolute Gasteiger partial charge is 0.279 e. The van der Waals surface area contributed by atoms with E-state index in [1.807, 2.05) is 6.07 Å². The van der Waals surface area contributed by atoms with Crippen molar-refractivity contribution in [3.63, 3.8) is 0 Å². The average molecular weight is 560 g/mol. The number of fused-ring (bicyclic) bond motifs is 1. The van der Waals surface area contributed by atoms with Gasteiger partial charge in [0.1, 0.15) is 11.5 Å². The number of hydrogen-bond acceptors (Lipinski definition) is 7. The monoisotopic (exact) mass is 559 g/mol. The molecule has 0 aliphatic carbocycles. The lowest BCUT2D eigenvalue weighted by Gasteiger charge is -2.13. The highest BCUT2D eigenvalue weighted by Crippen LogP contribution is 2.34. The van der Waals surface area contributed by atoms with E-state index in [1.54, 1.807) is 85.5 Å². The Labute approximate surface area is 238 Å². The van der Waals surface area contributed by atoms with Gasteiger partial charge in [-0.2, -0.15) is 9.78 Å². The molecule has 3 aromatic carbocycles. The van der Waals surface area contributed by atoms with Gasteiger partial charge in [-0.1, -0.05) is 24.3 Å². The van der Waals surface area contributed by atoms with Crippen LogP contribution in [0.15, 0.2) is 115 Å². The number of rotatable bonds is 7. The number of ether oxygens (including phenoxy) is 2. The van der Waals surface area contributed by atoms with Crippen LogP contribution in [0.3, 0.4) is 0 Å². The number of pyridine rings is 2. The van der Waals surface area contributed by atoms with Gasteiger partial charge >= 0.3 is 0 Å². The molecule has 206 valence electrons. The van der Waals surface area contributed by atoms with Gasteiger partial charge in [0.2, 0.25) is 0 Å². The Bertz CT molecular complexity index is 1980. The molecule has 6 rings (SSSR count). The van der Waals surface area contributed by atoms with Gasteiger partial charge in [0.05, 0.1) is 18.2 Å². The summed E-state index contributed by atoms with van der Waals surface area (Å²) in [6.45, 7) is 0. The van der Waals surface area contributed by atoms with Crippen LogP contribution in [0, 0.1) is 5.82 Å². The molecule has 0 bridgehead atoms. The topological polar surface area (TPSA) is 108 Å². The van der Waals surface area contributed by atoms with Crippen molar-refractivity contribution in [3.05, 3.63) is 132 Å². The Kier molecular flexibility index (Phi) is 7.08. The molecule has 1 N–H and O–H groups in total. The summed E-state index contributed by atoms with van der Waals surface area (Å²) in [6, 6.07) is 22.8. The number of carbonyl (C=O) groups is 1. The molecule has 0 saturated carbocycles. The fourth-order valence-electron chi connectivity index (χ4n) is 4.44. The van der Waals surface area contributed by atoms with Crippen LogP contribution in [0.1, 0.15) is 10.5 Å². The highest BCUT2D eigenvalue weighted by atomic mass is 19.1. The summed E-state index contributed by atoms with van der Waals surface area (Å²) < 4.78 is 27.4. The van der Waals surface area contributed by atoms with Gasteiger partial charge in [0.15, 0.2) is 17.3 Å². The molecule has 0 saturated heterocycles. The number of halogens is 1. The summed E-state index contributed by atoms with van der Waals surface area (Å²) in [5, 5.41) is 7.74. The van der Waals surface area contributed by atoms with Gasteiger partial charge in [0.25, 0.3) is 11.5 Å². The van der Waals surface area contributed by atoms with E-state index >= 15 is 4.39 Å². The van der Waals surface area contributed by atoms with Gasteiger partial charge in [0, 0.05) is 53.1 Å². The van der Waals surface area contributed by atoms with Crippen LogP contribution in [0.4, 0.5) is 10.1 Å². The molecule has 0 fully saturated rings. The summed E-state index contributed by atoms with van der Waals surface area (Å²) in [4.78, 5) is 34.9. The van der Waals surface area contributed by atoms with Crippen LogP contribution in [0.25, 0.3) is 27.6 Å². The number of nitrogens with zero attached hydrogens (tertiary/aromatic N) is 4. The number of amides is 1. The zero-order valence-electron chi connectivity index (χ0n) is 22.2. The first-order valence-corrected chi connectivity index (χ1v) is 12.8. The van der Waals surface area contributed by atoms with Crippen molar-refractivity contribution in [2.45, 2.75) is 0 Å². The van der Waals surface area contributed by atoms with Gasteiger partial charge in [-0.25, -0.2) is 4.39 Å². The number of hydrogen-bond donors (Lipinski definition) is 1. The Morgan fingerprint density at radius 1 is 0.857 bits per heavy atom. The van der Waals surface area contributed by atoms with Crippen LogP contribution in [-0.2, 0) is 0 Å². The van der Waals surface area contributed by atoms with Gasteiger partial charge in [-0.05, 0) is 54.6 Å². The van der Waals surface area contributed by atoms with Crippen molar-refractivity contribution in [3.8, 4) is 34.1 Å². The van der Waals surface area contributed by atoms with E-state index in [9.17, 15) is 9.59 Å². The van der Waals surface area contributed by atoms with E-state index in [1.165, 1.54) is 19.2 Å². The molecule has 0 unspecified atom stereocenters. The maximum Gasteiger partial charge on any atom is 0.279 e. The Balaban J connectivity index is 1.30. The lowest BCUT2D eigenvalue weighted by molar-refractivity contribution is 0.102. The van der Waals surface area contributed by atoms with Gasteiger partial charge in [-0.3, -0.25) is 19.6 Å². The number of nitrogens with one attached hydrogen (secondary N) is 1. The standard InChI is InChI=1S/C32H22FN5O4/c1-41-23-11-9-22(10-12-23)38-32(40)25-7-3-2-6-24(25)30(37-38)31(39)36-21-8-13-29(27(33)17-21)42-28-14-16-35-19-26(28)20-5-4-15-34-18-20/h2-19H,1H3,(H,36,39). The largest absolute Gasteiger partial charge is 0.497 e. The van der Waals surface area contributed by atoms with E-state index < -0.39 is 11.7 Å². The first kappa shape index (κ1) is 26.3. The number of aromatic nitrogens is 4. The Morgan fingerprint density at radius 2 is 1.64 bits per heavy atom. The maximum atomic E-state index is 15.2. The van der Waals surface area contributed by atoms with Gasteiger partial charge < -0.3 is 14.8 Å². The summed E-state index contributed by atoms with van der Waals surface area (Å²) >= 11 is 0. The number of benzene rings is 3. The van der Waals surface area contributed by atoms with E-state index in [-0.39, 0.29) is 22.7 Å². The van der Waals surface area contributed by atoms with Crippen LogP contribution in [0.5, 0.6) is 17.2 Å². The molecule has 3 aromatic heterocycles. The fraction of sp³-hybridized carbons (Fsp3) is 0.0312. The van der Waals surface area contributed by atoms with Gasteiger partial charge in [-0.15, -0.1) is 0 Å². The van der Waals surface area contributed by atoms with Crippen LogP contribution >= 0.6 is 0 Å². The van der Waals surface area contributed by atoms with E-state index in [0.717, 1.165) is 16.3 Å². The summed E-state index contributed by atoms with van der Waals surface area (Å²) in [5.41, 5.74) is 1.66. The first-order valence-electron chi connectivity index (χ1n) is 12.8. The van der Waals surface area contributed by atoms with Crippen molar-refractivity contribution in [2.75, 3.05) is 12.4 Å². The van der Waals surface area contributed by atoms with Crippen molar-refractivity contribution in [1.29, 1.82) is 0 Å². The predicted octanol–water partition coefficient (Wildman–Crippen LogP) is 6.04. The number of anilines is 1. The van der Waals surface area contributed by atoms with E-state index in [2.05, 4.69) is 20.4 Å². The third-order valence-electron chi connectivity index (χ3n) is 6.50. The van der Waals surface area contributed by atoms with Crippen molar-refractivity contribution in [2.24, 2.45) is 0 Å². The molecule has 0 radical (unpaired) electrons. The van der Waals surface area contributed by atoms with Crippen LogP contribution < -0.4 is 20.3 Å². The highest BCUT2D eigenvalue weighted by Gasteiger charge is 2.19. The number of carbonyl (C=O) groups excluding carboxylic acids is 1. The minimum Gasteiger partial charge on any atom is -0.497 e. The lowest BCUT2D eigenvalue weighted by atomic mass is 10.1. The highest BCUT2D eigenvalue weighted by molar-refractivity contribution is 6.11. The third kappa shape index (κ3) is 5.16. The summed E-state index contributed by atoms with van der Waals surface area (Å²) in [7, 11) is 1.54. The molecule has 0 aliphatic rings. The minimum absolute atomic E-state index is 0.000323. The molecule has 0 spiro atoms. The molecular formula is C32H22FN5O4. The molecule has 3 heterocycles. The molecular weight excluding hydrogens is 537 g/mol. The first-order chi connectivity index (χ1) is 20.5. The molecule has 10 heteroatoms. The maximum absolute atomic E-state index is 15.2. The molecule has 9 nitrogen and oxygen atoms in total.